The Hall–Kier alpha value is -1.80. The Labute approximate surface area is 131 Å². The van der Waals surface area contributed by atoms with Gasteiger partial charge in [-0.25, -0.2) is 13.2 Å². The van der Waals surface area contributed by atoms with Gasteiger partial charge in [0.25, 0.3) is 15.9 Å². The second kappa shape index (κ2) is 6.01. The molecule has 0 aromatic carbocycles. The first-order valence-corrected chi connectivity index (χ1v) is 8.17. The van der Waals surface area contributed by atoms with Crippen LogP contribution in [0, 0.1) is 6.92 Å². The van der Waals surface area contributed by atoms with Crippen LogP contribution in [0.2, 0.25) is 0 Å². The summed E-state index contributed by atoms with van der Waals surface area (Å²) in [5.41, 5.74) is 0. The average Bonchev–Trinajstić information content (AvgIpc) is 2.87. The van der Waals surface area contributed by atoms with Gasteiger partial charge in [0, 0.05) is 6.54 Å². The lowest BCUT2D eigenvalue weighted by molar-refractivity contribution is -0.239. The van der Waals surface area contributed by atoms with Gasteiger partial charge >= 0.3 is 12.1 Å². The Balaban J connectivity index is 2.07. The van der Waals surface area contributed by atoms with Gasteiger partial charge in [-0.15, -0.1) is 10.2 Å². The molecule has 128 valence electrons. The number of hydroxylamine groups is 2. The number of alkyl halides is 3. The monoisotopic (exact) mass is 374 g/mol. The number of nitrogens with zero attached hydrogens (tertiary/aromatic N) is 4. The number of carbonyl (C=O) groups is 2. The van der Waals surface area contributed by atoms with E-state index >= 15 is 0 Å². The topological polar surface area (TPSA) is 110 Å². The standard InChI is InChI=1S/C9H9F3N4O5S2/c1-5-13-14-8(22-5)23(19,20)15-2-3-16(6(17)4-15)21-7(18)9(10,11)12/h2-4H2,1H3. The van der Waals surface area contributed by atoms with Crippen LogP contribution < -0.4 is 0 Å². The Morgan fingerprint density at radius 1 is 1.30 bits per heavy atom. The van der Waals surface area contributed by atoms with Crippen LogP contribution in [0.3, 0.4) is 0 Å². The van der Waals surface area contributed by atoms with Crippen molar-refractivity contribution < 1.29 is 36.0 Å². The number of rotatable bonds is 3. The van der Waals surface area contributed by atoms with Crippen molar-refractivity contribution in [2.45, 2.75) is 17.4 Å². The van der Waals surface area contributed by atoms with E-state index in [4.69, 9.17) is 0 Å². The van der Waals surface area contributed by atoms with Crippen LogP contribution in [0.25, 0.3) is 0 Å². The van der Waals surface area contributed by atoms with Gasteiger partial charge in [-0.05, 0) is 6.92 Å². The van der Waals surface area contributed by atoms with E-state index in [1.165, 1.54) is 6.92 Å². The highest BCUT2D eigenvalue weighted by Gasteiger charge is 2.45. The molecule has 0 N–H and O–H groups in total. The third-order valence-corrected chi connectivity index (χ3v) is 5.66. The number of hydrogen-bond donors (Lipinski definition) is 0. The zero-order valence-corrected chi connectivity index (χ0v) is 13.0. The lowest BCUT2D eigenvalue weighted by Gasteiger charge is -2.31. The van der Waals surface area contributed by atoms with Crippen LogP contribution in [-0.2, 0) is 24.4 Å². The highest BCUT2D eigenvalue weighted by Crippen LogP contribution is 2.22. The van der Waals surface area contributed by atoms with Crippen molar-refractivity contribution in [3.8, 4) is 0 Å². The quantitative estimate of drug-likeness (QED) is 0.714. The van der Waals surface area contributed by atoms with E-state index in [0.717, 1.165) is 15.6 Å². The van der Waals surface area contributed by atoms with Crippen molar-refractivity contribution in [1.29, 1.82) is 0 Å². The minimum Gasteiger partial charge on any atom is -0.329 e. The van der Waals surface area contributed by atoms with Crippen LogP contribution in [0.1, 0.15) is 5.01 Å². The number of halogens is 3. The number of amides is 1. The number of aromatic nitrogens is 2. The van der Waals surface area contributed by atoms with Crippen molar-refractivity contribution in [3.05, 3.63) is 5.01 Å². The van der Waals surface area contributed by atoms with E-state index in [2.05, 4.69) is 15.0 Å². The minimum atomic E-state index is -5.26. The molecule has 1 aromatic rings. The highest BCUT2D eigenvalue weighted by molar-refractivity contribution is 7.91. The molecule has 0 aliphatic carbocycles. The van der Waals surface area contributed by atoms with Crippen molar-refractivity contribution in [2.24, 2.45) is 0 Å². The van der Waals surface area contributed by atoms with E-state index in [-0.39, 0.29) is 15.9 Å². The zero-order valence-electron chi connectivity index (χ0n) is 11.4. The molecule has 1 aliphatic heterocycles. The van der Waals surface area contributed by atoms with Crippen molar-refractivity contribution in [3.63, 3.8) is 0 Å². The first-order valence-electron chi connectivity index (χ1n) is 5.91. The Bertz CT molecular complexity index is 732. The Morgan fingerprint density at radius 2 is 1.96 bits per heavy atom. The molecule has 1 aromatic heterocycles. The second-order valence-electron chi connectivity index (χ2n) is 4.30. The van der Waals surface area contributed by atoms with Gasteiger partial charge in [-0.1, -0.05) is 11.3 Å². The predicted molar refractivity (Wildman–Crippen MR) is 67.3 cm³/mol. The van der Waals surface area contributed by atoms with E-state index < -0.39 is 41.2 Å². The molecule has 0 spiro atoms. The maximum atomic E-state index is 12.2. The van der Waals surface area contributed by atoms with Gasteiger partial charge < -0.3 is 4.84 Å². The van der Waals surface area contributed by atoms with Crippen molar-refractivity contribution >= 4 is 33.2 Å². The first-order chi connectivity index (χ1) is 10.5. The smallest absolute Gasteiger partial charge is 0.329 e. The number of carbonyl (C=O) groups excluding carboxylic acids is 2. The highest BCUT2D eigenvalue weighted by atomic mass is 32.2. The normalized spacial score (nSPS) is 17.4. The number of piperazine rings is 1. The van der Waals surface area contributed by atoms with Crippen LogP contribution in [0.5, 0.6) is 0 Å². The van der Waals surface area contributed by atoms with E-state index in [1.54, 1.807) is 0 Å². The summed E-state index contributed by atoms with van der Waals surface area (Å²) in [6.07, 6.45) is -5.26. The van der Waals surface area contributed by atoms with Crippen LogP contribution >= 0.6 is 11.3 Å². The van der Waals surface area contributed by atoms with E-state index in [9.17, 15) is 31.2 Å². The van der Waals surface area contributed by atoms with Crippen LogP contribution in [0.15, 0.2) is 4.34 Å². The molecule has 0 atom stereocenters. The van der Waals surface area contributed by atoms with Crippen LogP contribution in [-0.4, -0.2) is 65.7 Å². The lowest BCUT2D eigenvalue weighted by Crippen LogP contribution is -2.53. The average molecular weight is 374 g/mol. The fourth-order valence-electron chi connectivity index (χ4n) is 1.58. The zero-order chi connectivity index (χ0) is 17.4. The summed E-state index contributed by atoms with van der Waals surface area (Å²) >= 11 is 0.793. The predicted octanol–water partition coefficient (Wildman–Crippen LogP) is -0.300. The summed E-state index contributed by atoms with van der Waals surface area (Å²) in [5, 5.41) is 7.60. The molecule has 1 fully saturated rings. The molecule has 1 aliphatic rings. The molecule has 2 heterocycles. The Morgan fingerprint density at radius 3 is 2.43 bits per heavy atom. The summed E-state index contributed by atoms with van der Waals surface area (Å²) in [6, 6.07) is 0. The summed E-state index contributed by atoms with van der Waals surface area (Å²) in [4.78, 5) is 26.3. The molecule has 0 saturated carbocycles. The minimum absolute atomic E-state index is 0.188. The molecule has 1 amide bonds. The van der Waals surface area contributed by atoms with Gasteiger partial charge in [0.15, 0.2) is 0 Å². The molecule has 0 unspecified atom stereocenters. The number of hydrogen-bond acceptors (Lipinski definition) is 8. The summed E-state index contributed by atoms with van der Waals surface area (Å²) in [5.74, 6) is -3.65. The van der Waals surface area contributed by atoms with E-state index in [0.29, 0.717) is 5.01 Å². The Kier molecular flexibility index (Phi) is 4.59. The second-order valence-corrected chi connectivity index (χ2v) is 7.59. The van der Waals surface area contributed by atoms with Gasteiger partial charge in [0.2, 0.25) is 4.34 Å². The maximum absolute atomic E-state index is 12.2. The van der Waals surface area contributed by atoms with Crippen molar-refractivity contribution in [2.75, 3.05) is 19.6 Å². The van der Waals surface area contributed by atoms with Crippen molar-refractivity contribution in [1.82, 2.24) is 19.6 Å². The largest absolute Gasteiger partial charge is 0.493 e. The van der Waals surface area contributed by atoms with Gasteiger partial charge in [-0.2, -0.15) is 22.5 Å². The molecular formula is C9H9F3N4O5S2. The van der Waals surface area contributed by atoms with Gasteiger partial charge in [0.05, 0.1) is 13.1 Å². The third-order valence-electron chi connectivity index (χ3n) is 2.63. The third kappa shape index (κ3) is 3.76. The SMILES string of the molecule is Cc1nnc(S(=O)(=O)N2CCN(OC(=O)C(F)(F)F)C(=O)C2)s1. The van der Waals surface area contributed by atoms with Gasteiger partial charge in [-0.3, -0.25) is 4.79 Å². The van der Waals surface area contributed by atoms with E-state index in [1.807, 2.05) is 0 Å². The summed E-state index contributed by atoms with van der Waals surface area (Å²) < 4.78 is 61.1. The summed E-state index contributed by atoms with van der Waals surface area (Å²) in [7, 11) is -4.09. The number of sulfonamides is 1. The molecule has 2 rings (SSSR count). The molecule has 1 saturated heterocycles. The molecule has 0 radical (unpaired) electrons. The lowest BCUT2D eigenvalue weighted by atomic mass is 10.4. The molecule has 23 heavy (non-hydrogen) atoms. The molecule has 0 bridgehead atoms. The fraction of sp³-hybridized carbons (Fsp3) is 0.556. The van der Waals surface area contributed by atoms with Gasteiger partial charge in [0.1, 0.15) is 5.01 Å². The first kappa shape index (κ1) is 17.6. The molecule has 9 nitrogen and oxygen atoms in total. The van der Waals surface area contributed by atoms with Crippen LogP contribution in [0.4, 0.5) is 13.2 Å². The summed E-state index contributed by atoms with van der Waals surface area (Å²) in [6.45, 7) is -0.113. The fourth-order valence-corrected chi connectivity index (χ4v) is 4.07. The molecule has 14 heteroatoms. The molecular weight excluding hydrogens is 365 g/mol. The number of aryl methyl sites for hydroxylation is 1. The maximum Gasteiger partial charge on any atom is 0.493 e.